The highest BCUT2D eigenvalue weighted by Gasteiger charge is 2.30. The molecule has 3 heterocycles. The van der Waals surface area contributed by atoms with E-state index >= 15 is 0 Å². The van der Waals surface area contributed by atoms with E-state index < -0.39 is 11.8 Å². The molecule has 3 aromatic rings. The van der Waals surface area contributed by atoms with Crippen molar-refractivity contribution in [1.82, 2.24) is 9.88 Å². The smallest absolute Gasteiger partial charge is 0.285 e. The van der Waals surface area contributed by atoms with Crippen LogP contribution in [0.3, 0.4) is 0 Å². The van der Waals surface area contributed by atoms with Crippen LogP contribution in [0.1, 0.15) is 32.0 Å². The number of carbonyl (C=O) groups is 2. The van der Waals surface area contributed by atoms with Gasteiger partial charge < -0.3 is 29.7 Å². The maximum absolute atomic E-state index is 13.3. The molecule has 1 unspecified atom stereocenters. The van der Waals surface area contributed by atoms with Crippen molar-refractivity contribution in [3.05, 3.63) is 66.9 Å². The number of amidine groups is 1. The van der Waals surface area contributed by atoms with Crippen LogP contribution in [0.2, 0.25) is 15.1 Å². The topological polar surface area (TPSA) is 126 Å². The van der Waals surface area contributed by atoms with Gasteiger partial charge >= 0.3 is 0 Å². The van der Waals surface area contributed by atoms with Crippen LogP contribution in [0.15, 0.2) is 35.8 Å². The molecule has 0 bridgehead atoms. The molecule has 39 heavy (non-hydrogen) atoms. The van der Waals surface area contributed by atoms with E-state index in [0.29, 0.717) is 36.7 Å². The minimum atomic E-state index is -0.575. The molecule has 1 saturated heterocycles. The Morgan fingerprint density at radius 3 is 2.67 bits per heavy atom. The number of carbonyl (C=O) groups excluding carboxylic acids is 2. The number of hydrogen-bond acceptors (Lipinski definition) is 8. The highest BCUT2D eigenvalue weighted by Crippen LogP contribution is 2.36. The normalized spacial score (nSPS) is 14.7. The van der Waals surface area contributed by atoms with Crippen molar-refractivity contribution >= 4 is 75.5 Å². The molecule has 0 aliphatic carbocycles. The van der Waals surface area contributed by atoms with Gasteiger partial charge in [-0.25, -0.2) is 4.98 Å². The monoisotopic (exact) mass is 611 g/mol. The predicted octanol–water partition coefficient (Wildman–Crippen LogP) is 5.79. The van der Waals surface area contributed by atoms with Gasteiger partial charge in [0.05, 0.1) is 35.0 Å². The van der Waals surface area contributed by atoms with Crippen molar-refractivity contribution in [3.63, 3.8) is 0 Å². The Kier molecular flexibility index (Phi) is 9.52. The Balaban J connectivity index is 1.53. The fourth-order valence-corrected chi connectivity index (χ4v) is 5.40. The molecule has 14 heteroatoms. The summed E-state index contributed by atoms with van der Waals surface area (Å²) in [6, 6.07) is 6.05. The zero-order chi connectivity index (χ0) is 28.1. The molecule has 1 aromatic carbocycles. The maximum atomic E-state index is 13.3. The summed E-state index contributed by atoms with van der Waals surface area (Å²) < 4.78 is 16.1. The first-order valence-electron chi connectivity index (χ1n) is 11.6. The number of aromatic nitrogens is 1. The molecule has 2 amide bonds. The van der Waals surface area contributed by atoms with E-state index in [0.717, 1.165) is 11.3 Å². The first-order chi connectivity index (χ1) is 18.7. The second-order valence-corrected chi connectivity index (χ2v) is 10.5. The fraction of sp³-hybridized carbons (Fsp3) is 0.280. The third-order valence-corrected chi connectivity index (χ3v) is 7.75. The van der Waals surface area contributed by atoms with Gasteiger partial charge in [0.15, 0.2) is 0 Å². The summed E-state index contributed by atoms with van der Waals surface area (Å²) in [5.74, 6) is -0.675. The number of amides is 2. The SMILES string of the molecule is COCCC1CN(Cc2csc(C(=O)Nc3c(OC)cc(Cl)cc3C(=O)Nc3ccc(Cl)cn3)c2Cl)C(=N)O1. The summed E-state index contributed by atoms with van der Waals surface area (Å²) >= 11 is 19.8. The summed E-state index contributed by atoms with van der Waals surface area (Å²) in [6.07, 6.45) is 1.90. The lowest BCUT2D eigenvalue weighted by atomic mass is 10.1. The average Bonchev–Trinajstić information content (AvgIpc) is 3.46. The Hall–Kier alpha value is -3.09. The van der Waals surface area contributed by atoms with Gasteiger partial charge in [0.1, 0.15) is 22.5 Å². The standard InChI is InChI=1S/C25H24Cl3N5O5S/c1-36-6-5-16-11-33(25(29)38-16)10-13-12-39-22(20(13)28)24(35)32-21-17(7-15(27)8-18(21)37-2)23(34)31-19-4-3-14(26)9-30-19/h3-4,7-9,12,16,29H,5-6,10-11H2,1-2H3,(H,32,35)(H,30,31,34). The van der Waals surface area contributed by atoms with Gasteiger partial charge in [0, 0.05) is 49.5 Å². The van der Waals surface area contributed by atoms with E-state index in [-0.39, 0.29) is 49.9 Å². The summed E-state index contributed by atoms with van der Waals surface area (Å²) in [5.41, 5.74) is 0.838. The molecule has 0 radical (unpaired) electrons. The van der Waals surface area contributed by atoms with Crippen LogP contribution in [-0.4, -0.2) is 61.2 Å². The van der Waals surface area contributed by atoms with Gasteiger partial charge in [0.25, 0.3) is 17.8 Å². The first kappa shape index (κ1) is 28.9. The van der Waals surface area contributed by atoms with Gasteiger partial charge in [0.2, 0.25) is 0 Å². The van der Waals surface area contributed by atoms with Crippen LogP contribution in [-0.2, 0) is 16.0 Å². The van der Waals surface area contributed by atoms with Crippen molar-refractivity contribution < 1.29 is 23.8 Å². The minimum absolute atomic E-state index is 0.0427. The van der Waals surface area contributed by atoms with Crippen molar-refractivity contribution in [2.24, 2.45) is 0 Å². The zero-order valence-corrected chi connectivity index (χ0v) is 23.9. The third-order valence-electron chi connectivity index (χ3n) is 5.74. The van der Waals surface area contributed by atoms with Crippen LogP contribution in [0.5, 0.6) is 5.75 Å². The van der Waals surface area contributed by atoms with Gasteiger partial charge in [-0.2, -0.15) is 0 Å². The van der Waals surface area contributed by atoms with Crippen LogP contribution in [0.4, 0.5) is 11.5 Å². The van der Waals surface area contributed by atoms with E-state index in [4.69, 9.17) is 54.4 Å². The molecule has 2 aromatic heterocycles. The highest BCUT2D eigenvalue weighted by atomic mass is 35.5. The van der Waals surface area contributed by atoms with Gasteiger partial charge in [-0.1, -0.05) is 34.8 Å². The average molecular weight is 613 g/mol. The predicted molar refractivity (Wildman–Crippen MR) is 152 cm³/mol. The fourth-order valence-electron chi connectivity index (χ4n) is 3.83. The number of rotatable bonds is 10. The van der Waals surface area contributed by atoms with Crippen LogP contribution in [0.25, 0.3) is 0 Å². The molecular weight excluding hydrogens is 589 g/mol. The number of nitrogens with one attached hydrogen (secondary N) is 3. The van der Waals surface area contributed by atoms with Crippen molar-refractivity contribution in [3.8, 4) is 5.75 Å². The number of thiophene rings is 1. The zero-order valence-electron chi connectivity index (χ0n) is 20.8. The summed E-state index contributed by atoms with van der Waals surface area (Å²) in [6.45, 7) is 1.34. The van der Waals surface area contributed by atoms with Gasteiger partial charge in [-0.15, -0.1) is 11.3 Å². The third kappa shape index (κ3) is 6.92. The number of halogens is 3. The molecule has 0 spiro atoms. The molecule has 1 atom stereocenters. The lowest BCUT2D eigenvalue weighted by Gasteiger charge is -2.16. The molecule has 0 saturated carbocycles. The number of anilines is 2. The van der Waals surface area contributed by atoms with Crippen molar-refractivity contribution in [1.29, 1.82) is 5.41 Å². The Bertz CT molecular complexity index is 1390. The Morgan fingerprint density at radius 2 is 1.97 bits per heavy atom. The largest absolute Gasteiger partial charge is 0.494 e. The number of pyridine rings is 1. The molecule has 1 aliphatic heterocycles. The minimum Gasteiger partial charge on any atom is -0.494 e. The van der Waals surface area contributed by atoms with Crippen LogP contribution in [0, 0.1) is 5.41 Å². The van der Waals surface area contributed by atoms with E-state index in [1.165, 1.54) is 31.5 Å². The summed E-state index contributed by atoms with van der Waals surface area (Å²) in [4.78, 5) is 32.5. The van der Waals surface area contributed by atoms with Gasteiger partial charge in [-0.3, -0.25) is 15.0 Å². The molecule has 206 valence electrons. The molecular formula is C25H24Cl3N5O5S. The summed E-state index contributed by atoms with van der Waals surface area (Å²) in [7, 11) is 3.01. The molecule has 1 aliphatic rings. The summed E-state index contributed by atoms with van der Waals surface area (Å²) in [5, 5.41) is 16.2. The van der Waals surface area contributed by atoms with E-state index in [9.17, 15) is 9.59 Å². The molecule has 3 N–H and O–H groups in total. The van der Waals surface area contributed by atoms with Crippen molar-refractivity contribution in [2.75, 3.05) is 38.0 Å². The highest BCUT2D eigenvalue weighted by molar-refractivity contribution is 7.13. The number of methoxy groups -OCH3 is 2. The van der Waals surface area contributed by atoms with Crippen molar-refractivity contribution in [2.45, 2.75) is 19.1 Å². The molecule has 4 rings (SSSR count). The molecule has 1 fully saturated rings. The number of nitrogens with zero attached hydrogens (tertiary/aromatic N) is 2. The quantitative estimate of drug-likeness (QED) is 0.265. The number of benzene rings is 1. The lowest BCUT2D eigenvalue weighted by Crippen LogP contribution is -2.25. The van der Waals surface area contributed by atoms with Crippen LogP contribution >= 0.6 is 46.1 Å². The number of ether oxygens (including phenoxy) is 3. The van der Waals surface area contributed by atoms with E-state index in [1.54, 1.807) is 23.5 Å². The lowest BCUT2D eigenvalue weighted by molar-refractivity contribution is 0.102. The Morgan fingerprint density at radius 1 is 1.18 bits per heavy atom. The first-order valence-corrected chi connectivity index (χ1v) is 13.6. The second kappa shape index (κ2) is 12.8. The maximum Gasteiger partial charge on any atom is 0.285 e. The molecule has 10 nitrogen and oxygen atoms in total. The van der Waals surface area contributed by atoms with E-state index in [1.807, 2.05) is 0 Å². The van der Waals surface area contributed by atoms with Crippen LogP contribution < -0.4 is 15.4 Å². The number of hydrogen-bond donors (Lipinski definition) is 3. The van der Waals surface area contributed by atoms with E-state index in [2.05, 4.69) is 15.6 Å². The van der Waals surface area contributed by atoms with Gasteiger partial charge in [-0.05, 0) is 23.6 Å². The second-order valence-electron chi connectivity index (χ2n) is 8.41. The Labute approximate surface area is 243 Å².